The number of benzene rings is 1. The molecule has 0 aliphatic carbocycles. The molecule has 1 heterocycles. The fraction of sp³-hybridized carbons (Fsp3) is 0.385. The van der Waals surface area contributed by atoms with Gasteiger partial charge < -0.3 is 21.1 Å². The third-order valence-corrected chi connectivity index (χ3v) is 3.36. The lowest BCUT2D eigenvalue weighted by Gasteiger charge is -2.26. The van der Waals surface area contributed by atoms with E-state index < -0.39 is 12.0 Å². The Kier molecular flexibility index (Phi) is 3.82. The molecule has 6 heteroatoms. The number of aliphatic hydroxyl groups is 1. The first-order valence-electron chi connectivity index (χ1n) is 6.06. The molecule has 19 heavy (non-hydrogen) atoms. The minimum atomic E-state index is -0.576. The largest absolute Gasteiger partial charge is 0.390 e. The van der Waals surface area contributed by atoms with Gasteiger partial charge in [0.25, 0.3) is 5.91 Å². The van der Waals surface area contributed by atoms with Crippen molar-refractivity contribution in [2.45, 2.75) is 12.1 Å². The van der Waals surface area contributed by atoms with E-state index in [1.54, 1.807) is 25.2 Å². The summed E-state index contributed by atoms with van der Waals surface area (Å²) in [5, 5.41) is 12.8. The summed E-state index contributed by atoms with van der Waals surface area (Å²) < 4.78 is 0. The van der Waals surface area contributed by atoms with Gasteiger partial charge in [-0.15, -0.1) is 0 Å². The van der Waals surface area contributed by atoms with Crippen LogP contribution < -0.4 is 11.1 Å². The Hall–Kier alpha value is -1.92. The Morgan fingerprint density at radius 3 is 2.63 bits per heavy atom. The van der Waals surface area contributed by atoms with Gasteiger partial charge in [-0.1, -0.05) is 6.07 Å². The standard InChI is InChI=1S/C13H17N3O3/c1-16(10-6-15-7-11(10)17)13(19)9-4-2-3-8(5-9)12(14)18/h2-5,10-11,15,17H,6-7H2,1H3,(H2,14,18)/t10-,11-/m0/s1. The van der Waals surface area contributed by atoms with Crippen molar-refractivity contribution in [2.75, 3.05) is 20.1 Å². The van der Waals surface area contributed by atoms with Crippen LogP contribution in [0.4, 0.5) is 0 Å². The van der Waals surface area contributed by atoms with Crippen LogP contribution in [0, 0.1) is 0 Å². The van der Waals surface area contributed by atoms with Crippen LogP contribution in [0.25, 0.3) is 0 Å². The average Bonchev–Trinajstić information content (AvgIpc) is 2.83. The lowest BCUT2D eigenvalue weighted by Crippen LogP contribution is -2.44. The number of hydrogen-bond donors (Lipinski definition) is 3. The number of carbonyl (C=O) groups excluding carboxylic acids is 2. The van der Waals surface area contributed by atoms with Crippen molar-refractivity contribution >= 4 is 11.8 Å². The SMILES string of the molecule is CN(C(=O)c1cccc(C(N)=O)c1)[C@H]1CNC[C@@H]1O. The Morgan fingerprint density at radius 1 is 1.37 bits per heavy atom. The van der Waals surface area contributed by atoms with Crippen molar-refractivity contribution in [3.63, 3.8) is 0 Å². The minimum Gasteiger partial charge on any atom is -0.390 e. The first kappa shape index (κ1) is 13.5. The molecule has 2 rings (SSSR count). The maximum atomic E-state index is 12.3. The van der Waals surface area contributed by atoms with E-state index in [0.717, 1.165) is 0 Å². The molecular weight excluding hydrogens is 246 g/mol. The fourth-order valence-corrected chi connectivity index (χ4v) is 2.21. The molecule has 102 valence electrons. The molecule has 1 aromatic carbocycles. The van der Waals surface area contributed by atoms with Crippen molar-refractivity contribution in [3.8, 4) is 0 Å². The van der Waals surface area contributed by atoms with Crippen LogP contribution in [-0.2, 0) is 0 Å². The molecule has 4 N–H and O–H groups in total. The Balaban J connectivity index is 2.19. The third-order valence-electron chi connectivity index (χ3n) is 3.36. The number of nitrogens with zero attached hydrogens (tertiary/aromatic N) is 1. The number of β-amino-alcohol motifs (C(OH)–C–C–N with tert-alkyl or cyclic N) is 1. The first-order chi connectivity index (χ1) is 9.00. The van der Waals surface area contributed by atoms with E-state index in [2.05, 4.69) is 5.32 Å². The van der Waals surface area contributed by atoms with Crippen LogP contribution in [0.15, 0.2) is 24.3 Å². The van der Waals surface area contributed by atoms with E-state index in [-0.39, 0.29) is 11.9 Å². The van der Waals surface area contributed by atoms with Gasteiger partial charge in [0.2, 0.25) is 5.91 Å². The minimum absolute atomic E-state index is 0.240. The molecule has 1 fully saturated rings. The van der Waals surface area contributed by atoms with Crippen molar-refractivity contribution in [1.29, 1.82) is 0 Å². The fourth-order valence-electron chi connectivity index (χ4n) is 2.21. The van der Waals surface area contributed by atoms with Crippen molar-refractivity contribution in [1.82, 2.24) is 10.2 Å². The number of nitrogens with two attached hydrogens (primary N) is 1. The molecule has 2 atom stereocenters. The molecule has 2 amide bonds. The summed E-state index contributed by atoms with van der Waals surface area (Å²) in [7, 11) is 1.64. The summed E-state index contributed by atoms with van der Waals surface area (Å²) in [6.07, 6.45) is -0.576. The lowest BCUT2D eigenvalue weighted by atomic mass is 10.1. The Bertz CT molecular complexity index is 504. The predicted molar refractivity (Wildman–Crippen MR) is 69.7 cm³/mol. The molecule has 1 aromatic rings. The molecule has 1 saturated heterocycles. The van der Waals surface area contributed by atoms with E-state index in [1.807, 2.05) is 0 Å². The van der Waals surface area contributed by atoms with Crippen molar-refractivity contribution < 1.29 is 14.7 Å². The van der Waals surface area contributed by atoms with Crippen LogP contribution in [0.2, 0.25) is 0 Å². The normalized spacial score (nSPS) is 22.2. The Morgan fingerprint density at radius 2 is 2.05 bits per heavy atom. The summed E-state index contributed by atoms with van der Waals surface area (Å²) in [5.74, 6) is -0.810. The summed E-state index contributed by atoms with van der Waals surface area (Å²) >= 11 is 0. The quantitative estimate of drug-likeness (QED) is 0.664. The molecule has 0 radical (unpaired) electrons. The van der Waals surface area contributed by atoms with E-state index in [0.29, 0.717) is 24.2 Å². The van der Waals surface area contributed by atoms with E-state index in [1.165, 1.54) is 11.0 Å². The number of amides is 2. The molecular formula is C13H17N3O3. The van der Waals surface area contributed by atoms with Crippen LogP contribution in [-0.4, -0.2) is 54.1 Å². The highest BCUT2D eigenvalue weighted by molar-refractivity contribution is 5.99. The molecule has 0 saturated carbocycles. The van der Waals surface area contributed by atoms with E-state index in [9.17, 15) is 14.7 Å². The highest BCUT2D eigenvalue weighted by Gasteiger charge is 2.31. The molecule has 0 aromatic heterocycles. The maximum Gasteiger partial charge on any atom is 0.254 e. The maximum absolute atomic E-state index is 12.3. The summed E-state index contributed by atoms with van der Waals surface area (Å²) in [6.45, 7) is 1.03. The Labute approximate surface area is 111 Å². The average molecular weight is 263 g/mol. The predicted octanol–water partition coefficient (Wildman–Crippen LogP) is -0.810. The second-order valence-corrected chi connectivity index (χ2v) is 4.65. The van der Waals surface area contributed by atoms with Gasteiger partial charge in [0.1, 0.15) is 0 Å². The van der Waals surface area contributed by atoms with Gasteiger partial charge in [-0.05, 0) is 18.2 Å². The molecule has 1 aliphatic heterocycles. The molecule has 0 bridgehead atoms. The summed E-state index contributed by atoms with van der Waals surface area (Å²) in [6, 6.07) is 6.01. The lowest BCUT2D eigenvalue weighted by molar-refractivity contribution is 0.0581. The zero-order chi connectivity index (χ0) is 14.0. The van der Waals surface area contributed by atoms with Crippen molar-refractivity contribution in [3.05, 3.63) is 35.4 Å². The third kappa shape index (κ3) is 2.74. The smallest absolute Gasteiger partial charge is 0.254 e. The second-order valence-electron chi connectivity index (χ2n) is 4.65. The number of rotatable bonds is 3. The zero-order valence-electron chi connectivity index (χ0n) is 10.7. The highest BCUT2D eigenvalue weighted by Crippen LogP contribution is 2.13. The summed E-state index contributed by atoms with van der Waals surface area (Å²) in [5.41, 5.74) is 5.87. The summed E-state index contributed by atoms with van der Waals surface area (Å²) in [4.78, 5) is 24.9. The van der Waals surface area contributed by atoms with Gasteiger partial charge in [-0.25, -0.2) is 0 Å². The number of aliphatic hydroxyl groups excluding tert-OH is 1. The molecule has 6 nitrogen and oxygen atoms in total. The van der Waals surface area contributed by atoms with Crippen LogP contribution >= 0.6 is 0 Å². The van der Waals surface area contributed by atoms with Crippen LogP contribution in [0.5, 0.6) is 0 Å². The van der Waals surface area contributed by atoms with Gasteiger partial charge in [-0.3, -0.25) is 9.59 Å². The molecule has 0 unspecified atom stereocenters. The zero-order valence-corrected chi connectivity index (χ0v) is 10.7. The van der Waals surface area contributed by atoms with Gasteiger partial charge >= 0.3 is 0 Å². The highest BCUT2D eigenvalue weighted by atomic mass is 16.3. The number of hydrogen-bond acceptors (Lipinski definition) is 4. The van der Waals surface area contributed by atoms with Gasteiger partial charge in [0, 0.05) is 31.3 Å². The van der Waals surface area contributed by atoms with Gasteiger partial charge in [0.15, 0.2) is 0 Å². The molecule has 0 spiro atoms. The molecule has 1 aliphatic rings. The number of nitrogens with one attached hydrogen (secondary N) is 1. The van der Waals surface area contributed by atoms with Crippen molar-refractivity contribution in [2.24, 2.45) is 5.73 Å². The van der Waals surface area contributed by atoms with E-state index in [4.69, 9.17) is 5.73 Å². The number of primary amides is 1. The number of carbonyl (C=O) groups is 2. The first-order valence-corrected chi connectivity index (χ1v) is 6.06. The van der Waals surface area contributed by atoms with Crippen LogP contribution in [0.1, 0.15) is 20.7 Å². The topological polar surface area (TPSA) is 95.7 Å². The van der Waals surface area contributed by atoms with Crippen LogP contribution in [0.3, 0.4) is 0 Å². The van der Waals surface area contributed by atoms with E-state index >= 15 is 0 Å². The second kappa shape index (κ2) is 5.38. The van der Waals surface area contributed by atoms with Gasteiger partial charge in [0.05, 0.1) is 12.1 Å². The monoisotopic (exact) mass is 263 g/mol. The van der Waals surface area contributed by atoms with Gasteiger partial charge in [-0.2, -0.15) is 0 Å². The number of likely N-dealkylation sites (N-methyl/N-ethyl adjacent to an activating group) is 1.